The van der Waals surface area contributed by atoms with Gasteiger partial charge in [-0.3, -0.25) is 4.79 Å². The Morgan fingerprint density at radius 1 is 1.22 bits per heavy atom. The van der Waals surface area contributed by atoms with Crippen molar-refractivity contribution >= 4 is 11.6 Å². The van der Waals surface area contributed by atoms with Gasteiger partial charge in [0.1, 0.15) is 5.82 Å². The molecule has 0 spiro atoms. The van der Waals surface area contributed by atoms with Crippen LogP contribution in [0, 0.1) is 5.82 Å². The molecule has 1 heterocycles. The second kappa shape index (κ2) is 6.60. The zero-order valence-corrected chi connectivity index (χ0v) is 12.7. The van der Waals surface area contributed by atoms with Gasteiger partial charge in [-0.05, 0) is 18.6 Å². The highest BCUT2D eigenvalue weighted by Gasteiger charge is 2.30. The number of benzene rings is 2. The average molecular weight is 312 g/mol. The van der Waals surface area contributed by atoms with Crippen LogP contribution < -0.4 is 5.32 Å². The standard InChI is InChI=1S/C18H17FN2O2/c1-12(13-7-3-2-4-8-13)20-18(22)17-11-16(21-23-17)14-9-5-6-10-15(14)19/h2-10,12,17H,11H2,1H3,(H,20,22)/t12-,17-/m0/s1. The smallest absolute Gasteiger partial charge is 0.264 e. The number of halogens is 1. The van der Waals surface area contributed by atoms with Gasteiger partial charge in [-0.15, -0.1) is 0 Å². The summed E-state index contributed by atoms with van der Waals surface area (Å²) in [6.45, 7) is 1.90. The van der Waals surface area contributed by atoms with Crippen LogP contribution in [-0.4, -0.2) is 17.7 Å². The van der Waals surface area contributed by atoms with Gasteiger partial charge in [-0.25, -0.2) is 4.39 Å². The van der Waals surface area contributed by atoms with E-state index in [0.717, 1.165) is 5.56 Å². The summed E-state index contributed by atoms with van der Waals surface area (Å²) in [7, 11) is 0. The molecule has 4 nitrogen and oxygen atoms in total. The van der Waals surface area contributed by atoms with E-state index in [2.05, 4.69) is 10.5 Å². The monoisotopic (exact) mass is 312 g/mol. The topological polar surface area (TPSA) is 50.7 Å². The Labute approximate surface area is 134 Å². The van der Waals surface area contributed by atoms with Crippen LogP contribution in [0.1, 0.15) is 30.5 Å². The maximum Gasteiger partial charge on any atom is 0.264 e. The Bertz CT molecular complexity index is 731. The lowest BCUT2D eigenvalue weighted by Gasteiger charge is -2.16. The molecule has 0 radical (unpaired) electrons. The van der Waals surface area contributed by atoms with Crippen molar-refractivity contribution in [2.24, 2.45) is 5.16 Å². The van der Waals surface area contributed by atoms with Crippen LogP contribution in [0.3, 0.4) is 0 Å². The molecule has 0 fully saturated rings. The van der Waals surface area contributed by atoms with Crippen LogP contribution in [0.15, 0.2) is 59.8 Å². The molecule has 0 saturated heterocycles. The number of rotatable bonds is 4. The third-order valence-corrected chi connectivity index (χ3v) is 3.80. The zero-order valence-electron chi connectivity index (χ0n) is 12.7. The highest BCUT2D eigenvalue weighted by molar-refractivity contribution is 6.04. The quantitative estimate of drug-likeness (QED) is 0.942. The summed E-state index contributed by atoms with van der Waals surface area (Å²) in [5, 5.41) is 6.76. The Kier molecular flexibility index (Phi) is 4.37. The maximum absolute atomic E-state index is 13.8. The molecule has 0 aliphatic carbocycles. The van der Waals surface area contributed by atoms with Crippen molar-refractivity contribution < 1.29 is 14.0 Å². The molecule has 0 aromatic heterocycles. The summed E-state index contributed by atoms with van der Waals surface area (Å²) in [6.07, 6.45) is -0.468. The summed E-state index contributed by atoms with van der Waals surface area (Å²) in [5.74, 6) is -0.620. The van der Waals surface area contributed by atoms with E-state index in [0.29, 0.717) is 11.3 Å². The SMILES string of the molecule is C[C@H](NC(=O)[C@@H]1CC(c2ccccc2F)=NO1)c1ccccc1. The van der Waals surface area contributed by atoms with E-state index in [9.17, 15) is 9.18 Å². The molecule has 0 unspecified atom stereocenters. The molecular weight excluding hydrogens is 295 g/mol. The molecule has 0 bridgehead atoms. The van der Waals surface area contributed by atoms with Gasteiger partial charge in [0.05, 0.1) is 11.8 Å². The molecule has 0 saturated carbocycles. The molecular formula is C18H17FN2O2. The second-order valence-electron chi connectivity index (χ2n) is 5.46. The van der Waals surface area contributed by atoms with Crippen molar-refractivity contribution in [1.82, 2.24) is 5.32 Å². The largest absolute Gasteiger partial charge is 0.382 e. The molecule has 23 heavy (non-hydrogen) atoms. The molecule has 1 aliphatic heterocycles. The first-order valence-corrected chi connectivity index (χ1v) is 7.48. The van der Waals surface area contributed by atoms with Gasteiger partial charge in [0.25, 0.3) is 5.91 Å². The van der Waals surface area contributed by atoms with Gasteiger partial charge in [0.2, 0.25) is 6.10 Å². The second-order valence-corrected chi connectivity index (χ2v) is 5.46. The Morgan fingerprint density at radius 3 is 2.65 bits per heavy atom. The molecule has 118 valence electrons. The zero-order chi connectivity index (χ0) is 16.2. The van der Waals surface area contributed by atoms with Gasteiger partial charge in [-0.2, -0.15) is 0 Å². The first kappa shape index (κ1) is 15.2. The van der Waals surface area contributed by atoms with E-state index >= 15 is 0 Å². The van der Waals surface area contributed by atoms with Crippen molar-refractivity contribution in [1.29, 1.82) is 0 Å². The van der Waals surface area contributed by atoms with Crippen molar-refractivity contribution in [3.63, 3.8) is 0 Å². The average Bonchev–Trinajstić information content (AvgIpc) is 3.06. The van der Waals surface area contributed by atoms with Crippen LogP contribution in [0.4, 0.5) is 4.39 Å². The normalized spacial score (nSPS) is 18.0. The lowest BCUT2D eigenvalue weighted by molar-refractivity contribution is -0.131. The van der Waals surface area contributed by atoms with E-state index in [1.54, 1.807) is 18.2 Å². The summed E-state index contributed by atoms with van der Waals surface area (Å²) in [6, 6.07) is 15.9. The van der Waals surface area contributed by atoms with E-state index in [1.165, 1.54) is 6.07 Å². The van der Waals surface area contributed by atoms with E-state index in [-0.39, 0.29) is 24.2 Å². The maximum atomic E-state index is 13.8. The minimum Gasteiger partial charge on any atom is -0.382 e. The number of carbonyl (C=O) groups is 1. The van der Waals surface area contributed by atoms with Gasteiger partial charge >= 0.3 is 0 Å². The fourth-order valence-electron chi connectivity index (χ4n) is 2.50. The molecule has 1 N–H and O–H groups in total. The van der Waals surface area contributed by atoms with Crippen molar-refractivity contribution in [2.75, 3.05) is 0 Å². The number of amides is 1. The Hall–Kier alpha value is -2.69. The molecule has 2 atom stereocenters. The summed E-state index contributed by atoms with van der Waals surface area (Å²) < 4.78 is 13.8. The third kappa shape index (κ3) is 3.39. The number of hydrogen-bond donors (Lipinski definition) is 1. The van der Waals surface area contributed by atoms with Crippen LogP contribution in [-0.2, 0) is 9.63 Å². The first-order chi connectivity index (χ1) is 11.1. The lowest BCUT2D eigenvalue weighted by Crippen LogP contribution is -2.36. The molecule has 1 amide bonds. The first-order valence-electron chi connectivity index (χ1n) is 7.48. The van der Waals surface area contributed by atoms with Crippen LogP contribution in [0.5, 0.6) is 0 Å². The van der Waals surface area contributed by atoms with E-state index in [4.69, 9.17) is 4.84 Å². The molecule has 5 heteroatoms. The molecule has 3 rings (SSSR count). The Morgan fingerprint density at radius 2 is 1.91 bits per heavy atom. The predicted molar refractivity (Wildman–Crippen MR) is 85.4 cm³/mol. The molecule has 2 aromatic carbocycles. The fraction of sp³-hybridized carbons (Fsp3) is 0.222. The number of nitrogens with zero attached hydrogens (tertiary/aromatic N) is 1. The van der Waals surface area contributed by atoms with Crippen molar-refractivity contribution in [3.8, 4) is 0 Å². The van der Waals surface area contributed by atoms with Crippen molar-refractivity contribution in [3.05, 3.63) is 71.5 Å². The van der Waals surface area contributed by atoms with Gasteiger partial charge < -0.3 is 10.2 Å². The number of oxime groups is 1. The van der Waals surface area contributed by atoms with Crippen LogP contribution >= 0.6 is 0 Å². The molecule has 1 aliphatic rings. The van der Waals surface area contributed by atoms with Gasteiger partial charge in [-0.1, -0.05) is 53.7 Å². The number of hydrogen-bond acceptors (Lipinski definition) is 3. The fourth-order valence-corrected chi connectivity index (χ4v) is 2.50. The highest BCUT2D eigenvalue weighted by Crippen LogP contribution is 2.20. The molecule has 2 aromatic rings. The van der Waals surface area contributed by atoms with E-state index in [1.807, 2.05) is 37.3 Å². The minimum atomic E-state index is -0.726. The van der Waals surface area contributed by atoms with Gasteiger partial charge in [0.15, 0.2) is 0 Å². The summed E-state index contributed by atoms with van der Waals surface area (Å²) in [5.41, 5.74) is 1.84. The highest BCUT2D eigenvalue weighted by atomic mass is 19.1. The van der Waals surface area contributed by atoms with Crippen molar-refractivity contribution in [2.45, 2.75) is 25.5 Å². The van der Waals surface area contributed by atoms with E-state index < -0.39 is 6.10 Å². The number of nitrogens with one attached hydrogen (secondary N) is 1. The minimum absolute atomic E-state index is 0.134. The van der Waals surface area contributed by atoms with Crippen LogP contribution in [0.2, 0.25) is 0 Å². The predicted octanol–water partition coefficient (Wildman–Crippen LogP) is 3.20. The van der Waals surface area contributed by atoms with Gasteiger partial charge in [0, 0.05) is 12.0 Å². The third-order valence-electron chi connectivity index (χ3n) is 3.80. The Balaban J connectivity index is 1.62. The summed E-state index contributed by atoms with van der Waals surface area (Å²) >= 11 is 0. The van der Waals surface area contributed by atoms with Crippen LogP contribution in [0.25, 0.3) is 0 Å². The summed E-state index contributed by atoms with van der Waals surface area (Å²) in [4.78, 5) is 17.5. The number of carbonyl (C=O) groups excluding carboxylic acids is 1. The lowest BCUT2D eigenvalue weighted by atomic mass is 10.0.